The Hall–Kier alpha value is -2.57. The van der Waals surface area contributed by atoms with E-state index < -0.39 is 0 Å². The van der Waals surface area contributed by atoms with Crippen LogP contribution in [0.3, 0.4) is 0 Å². The highest BCUT2D eigenvalue weighted by atomic mass is 35.5. The molecule has 2 amide bonds. The Kier molecular flexibility index (Phi) is 8.97. The quantitative estimate of drug-likeness (QED) is 0.483. The highest BCUT2D eigenvalue weighted by molar-refractivity contribution is 6.33. The second kappa shape index (κ2) is 11.7. The lowest BCUT2D eigenvalue weighted by molar-refractivity contribution is 0.0890. The third kappa shape index (κ3) is 6.97. The third-order valence-electron chi connectivity index (χ3n) is 6.74. The van der Waals surface area contributed by atoms with Crippen molar-refractivity contribution >= 4 is 29.1 Å². The molecule has 0 saturated carbocycles. The molecule has 1 unspecified atom stereocenters. The molecule has 1 saturated heterocycles. The lowest BCUT2D eigenvalue weighted by Crippen LogP contribution is -2.49. The van der Waals surface area contributed by atoms with Gasteiger partial charge >= 0.3 is 0 Å². The molecule has 1 atom stereocenters. The predicted molar refractivity (Wildman–Crippen MR) is 139 cm³/mol. The van der Waals surface area contributed by atoms with Crippen LogP contribution < -0.4 is 16.4 Å². The molecule has 0 radical (unpaired) electrons. The van der Waals surface area contributed by atoms with E-state index in [1.165, 1.54) is 0 Å². The van der Waals surface area contributed by atoms with E-state index in [0.717, 1.165) is 43.6 Å². The van der Waals surface area contributed by atoms with Gasteiger partial charge in [-0.15, -0.1) is 0 Å². The van der Waals surface area contributed by atoms with Gasteiger partial charge in [-0.1, -0.05) is 43.1 Å². The molecular formula is C27H37ClN4O2. The Morgan fingerprint density at radius 2 is 1.74 bits per heavy atom. The summed E-state index contributed by atoms with van der Waals surface area (Å²) in [6, 6.07) is 11.1. The van der Waals surface area contributed by atoms with E-state index in [-0.39, 0.29) is 17.9 Å². The summed E-state index contributed by atoms with van der Waals surface area (Å²) in [5.74, 6) is 0.640. The molecule has 7 heteroatoms. The van der Waals surface area contributed by atoms with Gasteiger partial charge < -0.3 is 21.3 Å². The number of nitrogen functional groups attached to an aromatic ring is 1. The fraction of sp³-hybridized carbons (Fsp3) is 0.481. The molecule has 0 aromatic heterocycles. The fourth-order valence-corrected chi connectivity index (χ4v) is 4.48. The molecular weight excluding hydrogens is 448 g/mol. The first-order valence-corrected chi connectivity index (χ1v) is 12.5. The van der Waals surface area contributed by atoms with Crippen LogP contribution in [0.2, 0.25) is 5.02 Å². The molecule has 1 aliphatic heterocycles. The number of nitrogens with one attached hydrogen (secondary N) is 2. The molecule has 184 valence electrons. The summed E-state index contributed by atoms with van der Waals surface area (Å²) >= 11 is 6.09. The van der Waals surface area contributed by atoms with Crippen LogP contribution in [0.4, 0.5) is 5.69 Å². The summed E-state index contributed by atoms with van der Waals surface area (Å²) in [7, 11) is 0. The number of aryl methyl sites for hydroxylation is 2. The lowest BCUT2D eigenvalue weighted by Gasteiger charge is -2.35. The first-order chi connectivity index (χ1) is 16.1. The Morgan fingerprint density at radius 3 is 2.35 bits per heavy atom. The van der Waals surface area contributed by atoms with E-state index in [1.54, 1.807) is 12.1 Å². The van der Waals surface area contributed by atoms with Crippen molar-refractivity contribution in [2.75, 3.05) is 31.9 Å². The lowest BCUT2D eigenvalue weighted by atomic mass is 9.95. The summed E-state index contributed by atoms with van der Waals surface area (Å²) in [4.78, 5) is 27.8. The molecule has 6 nitrogen and oxygen atoms in total. The van der Waals surface area contributed by atoms with Crippen LogP contribution in [0.1, 0.15) is 58.5 Å². The van der Waals surface area contributed by atoms with Crippen molar-refractivity contribution in [3.63, 3.8) is 0 Å². The number of benzene rings is 2. The van der Waals surface area contributed by atoms with E-state index in [9.17, 15) is 9.59 Å². The van der Waals surface area contributed by atoms with Gasteiger partial charge in [-0.3, -0.25) is 9.59 Å². The number of nitrogens with two attached hydrogens (primary N) is 1. The Balaban J connectivity index is 1.46. The van der Waals surface area contributed by atoms with Crippen molar-refractivity contribution in [1.29, 1.82) is 0 Å². The predicted octanol–water partition coefficient (Wildman–Crippen LogP) is 4.44. The van der Waals surface area contributed by atoms with Crippen LogP contribution >= 0.6 is 11.6 Å². The van der Waals surface area contributed by atoms with Gasteiger partial charge in [0, 0.05) is 30.3 Å². The number of amides is 2. The molecule has 2 aromatic carbocycles. The minimum Gasteiger partial charge on any atom is -0.398 e. The molecule has 0 bridgehead atoms. The van der Waals surface area contributed by atoms with Crippen molar-refractivity contribution in [3.8, 4) is 0 Å². The summed E-state index contributed by atoms with van der Waals surface area (Å²) in [5, 5.41) is 6.69. The Labute approximate surface area is 208 Å². The fourth-order valence-electron chi connectivity index (χ4n) is 4.31. The molecule has 0 aliphatic carbocycles. The van der Waals surface area contributed by atoms with Gasteiger partial charge in [0.05, 0.1) is 10.7 Å². The number of hydrogen-bond acceptors (Lipinski definition) is 4. The van der Waals surface area contributed by atoms with E-state index in [0.29, 0.717) is 40.2 Å². The van der Waals surface area contributed by atoms with Crippen LogP contribution in [0.25, 0.3) is 0 Å². The Bertz CT molecular complexity index is 998. The first kappa shape index (κ1) is 26.0. The van der Waals surface area contributed by atoms with Crippen molar-refractivity contribution in [1.82, 2.24) is 15.5 Å². The van der Waals surface area contributed by atoms with Gasteiger partial charge in [-0.25, -0.2) is 0 Å². The van der Waals surface area contributed by atoms with Crippen molar-refractivity contribution in [2.45, 2.75) is 46.6 Å². The minimum absolute atomic E-state index is 0.0191. The van der Waals surface area contributed by atoms with Crippen LogP contribution in [0, 0.1) is 25.7 Å². The maximum Gasteiger partial charge on any atom is 0.251 e. The number of nitrogens with zero attached hydrogens (tertiary/aromatic N) is 1. The second-order valence-corrected chi connectivity index (χ2v) is 10.2. The summed E-state index contributed by atoms with van der Waals surface area (Å²) in [5.41, 5.74) is 9.53. The highest BCUT2D eigenvalue weighted by Crippen LogP contribution is 2.24. The number of carbonyl (C=O) groups is 2. The standard InChI is InChI=1S/C27H37ClN4O2/c1-17(2)25(31-26(33)21-7-5-18(3)6-8-21)16-32-11-9-20(10-12-32)15-30-27(34)22-14-23(28)24(29)13-19(22)4/h5-8,13-14,17,20,25H,9-12,15-16,29H2,1-4H3,(H,30,34)(H,31,33). The van der Waals surface area contributed by atoms with Crippen LogP contribution in [0.15, 0.2) is 36.4 Å². The van der Waals surface area contributed by atoms with Crippen LogP contribution in [-0.4, -0.2) is 48.9 Å². The summed E-state index contributed by atoms with van der Waals surface area (Å²) in [6.07, 6.45) is 2.02. The van der Waals surface area contributed by atoms with E-state index in [2.05, 4.69) is 29.4 Å². The summed E-state index contributed by atoms with van der Waals surface area (Å²) in [6.45, 7) is 11.6. The average molecular weight is 485 g/mol. The number of piperidine rings is 1. The van der Waals surface area contributed by atoms with Crippen molar-refractivity contribution in [3.05, 3.63) is 63.7 Å². The average Bonchev–Trinajstić information content (AvgIpc) is 2.80. The zero-order chi connectivity index (χ0) is 24.8. The number of anilines is 1. The molecule has 0 spiro atoms. The van der Waals surface area contributed by atoms with Crippen molar-refractivity contribution < 1.29 is 9.59 Å². The smallest absolute Gasteiger partial charge is 0.251 e. The molecule has 1 heterocycles. The molecule has 3 rings (SSSR count). The second-order valence-electron chi connectivity index (χ2n) is 9.83. The topological polar surface area (TPSA) is 87.5 Å². The SMILES string of the molecule is Cc1ccc(C(=O)NC(CN2CCC(CNC(=O)c3cc(Cl)c(N)cc3C)CC2)C(C)C)cc1. The maximum absolute atomic E-state index is 12.7. The van der Waals surface area contributed by atoms with Crippen molar-refractivity contribution in [2.24, 2.45) is 11.8 Å². The summed E-state index contributed by atoms with van der Waals surface area (Å²) < 4.78 is 0. The number of carbonyl (C=O) groups excluding carboxylic acids is 2. The van der Waals surface area contributed by atoms with Gasteiger partial charge in [-0.05, 0) is 81.4 Å². The monoisotopic (exact) mass is 484 g/mol. The number of rotatable bonds is 8. The van der Waals surface area contributed by atoms with E-state index in [4.69, 9.17) is 17.3 Å². The van der Waals surface area contributed by atoms with E-state index in [1.807, 2.05) is 38.1 Å². The molecule has 1 aliphatic rings. The molecule has 2 aromatic rings. The van der Waals surface area contributed by atoms with Gasteiger partial charge in [0.1, 0.15) is 0 Å². The number of hydrogen-bond donors (Lipinski definition) is 3. The normalized spacial score (nSPS) is 15.8. The number of halogens is 1. The molecule has 4 N–H and O–H groups in total. The highest BCUT2D eigenvalue weighted by Gasteiger charge is 2.25. The maximum atomic E-state index is 12.7. The molecule has 34 heavy (non-hydrogen) atoms. The third-order valence-corrected chi connectivity index (χ3v) is 7.06. The zero-order valence-corrected chi connectivity index (χ0v) is 21.4. The Morgan fingerprint density at radius 1 is 1.09 bits per heavy atom. The minimum atomic E-state index is -0.111. The number of likely N-dealkylation sites (tertiary alicyclic amines) is 1. The van der Waals surface area contributed by atoms with E-state index >= 15 is 0 Å². The van der Waals surface area contributed by atoms with Gasteiger partial charge in [-0.2, -0.15) is 0 Å². The van der Waals surface area contributed by atoms with Crippen LogP contribution in [-0.2, 0) is 0 Å². The van der Waals surface area contributed by atoms with Gasteiger partial charge in [0.2, 0.25) is 0 Å². The molecule has 1 fully saturated rings. The largest absolute Gasteiger partial charge is 0.398 e. The first-order valence-electron chi connectivity index (χ1n) is 12.1. The zero-order valence-electron chi connectivity index (χ0n) is 20.7. The van der Waals surface area contributed by atoms with Gasteiger partial charge in [0.25, 0.3) is 11.8 Å². The van der Waals surface area contributed by atoms with Gasteiger partial charge in [0.15, 0.2) is 0 Å². The van der Waals surface area contributed by atoms with Crippen LogP contribution in [0.5, 0.6) is 0 Å².